The molecule has 1 fully saturated rings. The second-order valence-electron chi connectivity index (χ2n) is 7.76. The molecule has 1 aliphatic rings. The van der Waals surface area contributed by atoms with Crippen LogP contribution in [0.3, 0.4) is 0 Å². The van der Waals surface area contributed by atoms with Crippen molar-refractivity contribution in [3.63, 3.8) is 0 Å². The smallest absolute Gasteiger partial charge is 0.234 e. The molecule has 2 heterocycles. The van der Waals surface area contributed by atoms with Crippen LogP contribution in [0, 0.1) is 0 Å². The predicted molar refractivity (Wildman–Crippen MR) is 129 cm³/mol. The molecule has 0 unspecified atom stereocenters. The number of nitrogens with zero attached hydrogens (tertiary/aromatic N) is 4. The van der Waals surface area contributed by atoms with Gasteiger partial charge in [0.1, 0.15) is 0 Å². The zero-order valence-electron chi connectivity index (χ0n) is 18.7. The number of aromatic nitrogens is 2. The summed E-state index contributed by atoms with van der Waals surface area (Å²) in [7, 11) is 0. The van der Waals surface area contributed by atoms with E-state index >= 15 is 0 Å². The van der Waals surface area contributed by atoms with E-state index in [1.807, 2.05) is 13.8 Å². The number of rotatable bonds is 10. The molecule has 1 aromatic rings. The van der Waals surface area contributed by atoms with Crippen molar-refractivity contribution >= 4 is 35.8 Å². The number of halogens is 1. The molecule has 0 aliphatic carbocycles. The van der Waals surface area contributed by atoms with Crippen molar-refractivity contribution in [2.75, 3.05) is 39.3 Å². The fraction of sp³-hybridized carbons (Fsp3) is 0.800. The summed E-state index contributed by atoms with van der Waals surface area (Å²) in [6.45, 7) is 12.7. The summed E-state index contributed by atoms with van der Waals surface area (Å²) >= 11 is 0. The number of aliphatic imine (C=N–C) groups is 1. The van der Waals surface area contributed by atoms with Crippen molar-refractivity contribution in [3.05, 3.63) is 11.7 Å². The maximum absolute atomic E-state index is 11.9. The lowest BCUT2D eigenvalue weighted by atomic mass is 10.1. The van der Waals surface area contributed by atoms with Gasteiger partial charge in [-0.1, -0.05) is 25.9 Å². The molecular formula is C20H38IN7O2. The van der Waals surface area contributed by atoms with Crippen molar-refractivity contribution in [2.24, 2.45) is 4.99 Å². The second-order valence-corrected chi connectivity index (χ2v) is 7.76. The van der Waals surface area contributed by atoms with Crippen molar-refractivity contribution in [2.45, 2.75) is 65.3 Å². The predicted octanol–water partition coefficient (Wildman–Crippen LogP) is 1.90. The van der Waals surface area contributed by atoms with Gasteiger partial charge in [0.2, 0.25) is 11.8 Å². The van der Waals surface area contributed by atoms with E-state index in [2.05, 4.69) is 49.8 Å². The van der Waals surface area contributed by atoms with Crippen LogP contribution in [0.2, 0.25) is 0 Å². The highest BCUT2D eigenvalue weighted by Crippen LogP contribution is 2.11. The van der Waals surface area contributed by atoms with Gasteiger partial charge in [-0.2, -0.15) is 4.98 Å². The van der Waals surface area contributed by atoms with Crippen LogP contribution >= 0.6 is 24.0 Å². The van der Waals surface area contributed by atoms with Gasteiger partial charge in [0.05, 0.1) is 13.1 Å². The lowest BCUT2D eigenvalue weighted by Gasteiger charge is -2.32. The molecule has 0 bridgehead atoms. The number of carbonyl (C=O) groups is 1. The largest absolute Gasteiger partial charge is 0.357 e. The van der Waals surface area contributed by atoms with E-state index in [1.54, 1.807) is 0 Å². The first-order valence-electron chi connectivity index (χ1n) is 10.9. The first-order valence-corrected chi connectivity index (χ1v) is 10.9. The van der Waals surface area contributed by atoms with E-state index in [4.69, 9.17) is 4.52 Å². The Morgan fingerprint density at radius 3 is 2.60 bits per heavy atom. The van der Waals surface area contributed by atoms with Crippen LogP contribution in [0.25, 0.3) is 0 Å². The van der Waals surface area contributed by atoms with Crippen LogP contribution in [0.15, 0.2) is 9.52 Å². The molecule has 10 heteroatoms. The summed E-state index contributed by atoms with van der Waals surface area (Å²) in [5.74, 6) is 2.57. The first kappa shape index (κ1) is 26.6. The fourth-order valence-electron chi connectivity index (χ4n) is 3.14. The van der Waals surface area contributed by atoms with Gasteiger partial charge in [0, 0.05) is 44.6 Å². The zero-order chi connectivity index (χ0) is 21.1. The first-order chi connectivity index (χ1) is 14.0. The molecule has 1 amide bonds. The Morgan fingerprint density at radius 1 is 1.27 bits per heavy atom. The minimum Gasteiger partial charge on any atom is -0.357 e. The number of piperidine rings is 1. The maximum Gasteiger partial charge on any atom is 0.234 e. The van der Waals surface area contributed by atoms with E-state index < -0.39 is 0 Å². The molecule has 0 spiro atoms. The molecule has 1 saturated heterocycles. The second kappa shape index (κ2) is 14.6. The molecule has 0 saturated carbocycles. The van der Waals surface area contributed by atoms with Crippen molar-refractivity contribution in [3.8, 4) is 0 Å². The number of hydrogen-bond acceptors (Lipinski definition) is 6. The van der Waals surface area contributed by atoms with Crippen molar-refractivity contribution < 1.29 is 9.32 Å². The Bertz CT molecular complexity index is 643. The average Bonchev–Trinajstić information content (AvgIpc) is 3.17. The van der Waals surface area contributed by atoms with Gasteiger partial charge in [-0.25, -0.2) is 0 Å². The molecule has 9 nitrogen and oxygen atoms in total. The van der Waals surface area contributed by atoms with Gasteiger partial charge in [0.25, 0.3) is 0 Å². The SMILES string of the molecule is CCCNC(=O)CN1CCC(NC(=NCCc2nc(C(C)C)no2)NCC)CC1.I. The lowest BCUT2D eigenvalue weighted by molar-refractivity contribution is -0.122. The molecule has 2 rings (SSSR count). The van der Waals surface area contributed by atoms with Crippen LogP contribution in [0.1, 0.15) is 64.6 Å². The monoisotopic (exact) mass is 535 g/mol. The molecule has 3 N–H and O–H groups in total. The Labute approximate surface area is 197 Å². The third kappa shape index (κ3) is 9.59. The van der Waals surface area contributed by atoms with Crippen molar-refractivity contribution in [1.82, 2.24) is 31.0 Å². The Morgan fingerprint density at radius 2 is 2.00 bits per heavy atom. The molecule has 0 radical (unpaired) electrons. The Hall–Kier alpha value is -1.43. The lowest BCUT2D eigenvalue weighted by Crippen LogP contribution is -2.50. The molecule has 30 heavy (non-hydrogen) atoms. The van der Waals surface area contributed by atoms with Crippen molar-refractivity contribution in [1.29, 1.82) is 0 Å². The van der Waals surface area contributed by atoms with E-state index in [-0.39, 0.29) is 35.8 Å². The normalized spacial score (nSPS) is 15.7. The summed E-state index contributed by atoms with van der Waals surface area (Å²) in [6, 6.07) is 0.360. The van der Waals surface area contributed by atoms with Crippen LogP contribution < -0.4 is 16.0 Å². The van der Waals surface area contributed by atoms with E-state index in [0.29, 0.717) is 31.4 Å². The highest BCUT2D eigenvalue weighted by atomic mass is 127. The topological polar surface area (TPSA) is 108 Å². The van der Waals surface area contributed by atoms with Gasteiger partial charge in [-0.15, -0.1) is 24.0 Å². The summed E-state index contributed by atoms with van der Waals surface area (Å²) in [5, 5.41) is 13.8. The number of carbonyl (C=O) groups excluding carboxylic acids is 1. The summed E-state index contributed by atoms with van der Waals surface area (Å²) < 4.78 is 5.28. The molecular weight excluding hydrogens is 497 g/mol. The maximum atomic E-state index is 11.9. The molecule has 0 atom stereocenters. The molecule has 0 aromatic carbocycles. The number of likely N-dealkylation sites (tertiary alicyclic amines) is 1. The average molecular weight is 535 g/mol. The van der Waals surface area contributed by atoms with Gasteiger partial charge >= 0.3 is 0 Å². The van der Waals surface area contributed by atoms with Crippen LogP contribution in [-0.4, -0.2) is 72.2 Å². The van der Waals surface area contributed by atoms with Gasteiger partial charge in [-0.05, 0) is 26.2 Å². The highest BCUT2D eigenvalue weighted by molar-refractivity contribution is 14.0. The number of amides is 1. The van der Waals surface area contributed by atoms with Gasteiger partial charge < -0.3 is 20.5 Å². The number of guanidine groups is 1. The quantitative estimate of drug-likeness (QED) is 0.239. The highest BCUT2D eigenvalue weighted by Gasteiger charge is 2.21. The van der Waals surface area contributed by atoms with Crippen LogP contribution in [0.5, 0.6) is 0 Å². The van der Waals surface area contributed by atoms with Crippen LogP contribution in [0.4, 0.5) is 0 Å². The molecule has 1 aliphatic heterocycles. The standard InChI is InChI=1S/C20H37N7O2.HI/c1-5-10-22-17(28)14-27-12-8-16(9-13-27)24-20(21-6-2)23-11-7-18-25-19(15(3)4)26-29-18;/h15-16H,5-14H2,1-4H3,(H,22,28)(H2,21,23,24);1H. The molecule has 172 valence electrons. The van der Waals surface area contributed by atoms with Gasteiger partial charge in [0.15, 0.2) is 11.8 Å². The Balaban J connectivity index is 0.00000450. The minimum atomic E-state index is 0. The third-order valence-corrected chi connectivity index (χ3v) is 4.81. The number of hydrogen-bond donors (Lipinski definition) is 3. The fourth-order valence-corrected chi connectivity index (χ4v) is 3.14. The third-order valence-electron chi connectivity index (χ3n) is 4.81. The van der Waals surface area contributed by atoms with Crippen LogP contribution in [-0.2, 0) is 11.2 Å². The van der Waals surface area contributed by atoms with E-state index in [9.17, 15) is 4.79 Å². The molecule has 1 aromatic heterocycles. The van der Waals surface area contributed by atoms with E-state index in [1.165, 1.54) is 0 Å². The number of nitrogens with one attached hydrogen (secondary N) is 3. The summed E-state index contributed by atoms with van der Waals surface area (Å²) in [4.78, 5) is 23.1. The summed E-state index contributed by atoms with van der Waals surface area (Å²) in [6.07, 6.45) is 3.58. The van der Waals surface area contributed by atoms with Gasteiger partial charge in [-0.3, -0.25) is 14.7 Å². The Kier molecular flexibility index (Phi) is 12.9. The summed E-state index contributed by atoms with van der Waals surface area (Å²) in [5.41, 5.74) is 0. The van der Waals surface area contributed by atoms with E-state index in [0.717, 1.165) is 57.2 Å². The zero-order valence-corrected chi connectivity index (χ0v) is 21.1. The minimum absolute atomic E-state index is 0.